The minimum absolute atomic E-state index is 0.205. The van der Waals surface area contributed by atoms with Gasteiger partial charge in [-0.25, -0.2) is 0 Å². The summed E-state index contributed by atoms with van der Waals surface area (Å²) in [6.45, 7) is 5.96. The molecule has 0 bridgehead atoms. The second-order valence-electron chi connectivity index (χ2n) is 6.48. The number of hydrogen-bond donors (Lipinski definition) is 2. The first kappa shape index (κ1) is 20.7. The Bertz CT molecular complexity index is 408. The van der Waals surface area contributed by atoms with E-state index in [1.165, 1.54) is 44.9 Å². The van der Waals surface area contributed by atoms with Crippen LogP contribution < -0.4 is 5.48 Å². The van der Waals surface area contributed by atoms with Gasteiger partial charge in [-0.05, 0) is 25.0 Å². The normalized spacial score (nSPS) is 13.4. The molecule has 0 aliphatic heterocycles. The van der Waals surface area contributed by atoms with Gasteiger partial charge in [-0.2, -0.15) is 0 Å². The van der Waals surface area contributed by atoms with E-state index in [1.807, 2.05) is 30.3 Å². The predicted molar refractivity (Wildman–Crippen MR) is 103 cm³/mol. The standard InChI is InChI=1S/C21H35NO2/c1-3-5-6-7-8-9-10-14-18-21(20(23)15-4-2)24-22-19-16-12-11-13-17-19/h4,11-13,16-17,20-23H,2-3,5-10,14-15,18H2,1H3/t20-,21-/m1/s1. The van der Waals surface area contributed by atoms with Crippen molar-refractivity contribution in [1.29, 1.82) is 0 Å². The van der Waals surface area contributed by atoms with Crippen molar-refractivity contribution in [2.75, 3.05) is 5.48 Å². The van der Waals surface area contributed by atoms with Crippen molar-refractivity contribution in [3.63, 3.8) is 0 Å². The van der Waals surface area contributed by atoms with Gasteiger partial charge in [0.15, 0.2) is 0 Å². The number of unbranched alkanes of at least 4 members (excludes halogenated alkanes) is 7. The van der Waals surface area contributed by atoms with Crippen LogP contribution in [0.2, 0.25) is 0 Å². The van der Waals surface area contributed by atoms with E-state index in [0.717, 1.165) is 18.5 Å². The Kier molecular flexibility index (Phi) is 12.1. The summed E-state index contributed by atoms with van der Waals surface area (Å²) in [6.07, 6.45) is 12.7. The van der Waals surface area contributed by atoms with Crippen molar-refractivity contribution in [1.82, 2.24) is 0 Å². The summed E-state index contributed by atoms with van der Waals surface area (Å²) >= 11 is 0. The first-order chi connectivity index (χ1) is 11.8. The summed E-state index contributed by atoms with van der Waals surface area (Å²) in [7, 11) is 0. The van der Waals surface area contributed by atoms with E-state index < -0.39 is 6.10 Å². The van der Waals surface area contributed by atoms with Gasteiger partial charge < -0.3 is 5.11 Å². The molecular weight excluding hydrogens is 298 g/mol. The minimum atomic E-state index is -0.511. The lowest BCUT2D eigenvalue weighted by molar-refractivity contribution is -0.0167. The lowest BCUT2D eigenvalue weighted by Gasteiger charge is -2.22. The van der Waals surface area contributed by atoms with Crippen molar-refractivity contribution in [3.8, 4) is 0 Å². The molecular formula is C21H35NO2. The smallest absolute Gasteiger partial charge is 0.111 e. The van der Waals surface area contributed by atoms with Crippen LogP contribution in [0.1, 0.15) is 71.1 Å². The molecule has 0 aromatic heterocycles. The highest BCUT2D eigenvalue weighted by Crippen LogP contribution is 2.17. The predicted octanol–water partition coefficient (Wildman–Crippen LogP) is 5.87. The fourth-order valence-electron chi connectivity index (χ4n) is 2.78. The fourth-order valence-corrected chi connectivity index (χ4v) is 2.78. The maximum atomic E-state index is 10.3. The Morgan fingerprint density at radius 2 is 1.67 bits per heavy atom. The highest BCUT2D eigenvalue weighted by Gasteiger charge is 2.19. The van der Waals surface area contributed by atoms with Gasteiger partial charge >= 0.3 is 0 Å². The topological polar surface area (TPSA) is 41.5 Å². The zero-order valence-electron chi connectivity index (χ0n) is 15.3. The van der Waals surface area contributed by atoms with Crippen LogP contribution in [-0.4, -0.2) is 17.3 Å². The fraction of sp³-hybridized carbons (Fsp3) is 0.619. The first-order valence-electron chi connectivity index (χ1n) is 9.53. The molecule has 0 aliphatic carbocycles. The van der Waals surface area contributed by atoms with Crippen molar-refractivity contribution in [2.24, 2.45) is 0 Å². The van der Waals surface area contributed by atoms with E-state index in [4.69, 9.17) is 4.84 Å². The Morgan fingerprint density at radius 3 is 2.29 bits per heavy atom. The molecule has 1 rings (SSSR count). The van der Waals surface area contributed by atoms with Gasteiger partial charge in [-0.15, -0.1) is 6.58 Å². The van der Waals surface area contributed by atoms with Crippen molar-refractivity contribution in [3.05, 3.63) is 43.0 Å². The van der Waals surface area contributed by atoms with Gasteiger partial charge in [0, 0.05) is 0 Å². The molecule has 0 unspecified atom stereocenters. The van der Waals surface area contributed by atoms with Crippen LogP contribution in [0.25, 0.3) is 0 Å². The zero-order chi connectivity index (χ0) is 17.5. The molecule has 0 fully saturated rings. The molecule has 3 heteroatoms. The van der Waals surface area contributed by atoms with Gasteiger partial charge in [0.1, 0.15) is 6.10 Å². The van der Waals surface area contributed by atoms with Crippen LogP contribution in [-0.2, 0) is 4.84 Å². The summed E-state index contributed by atoms with van der Waals surface area (Å²) in [5.74, 6) is 0. The maximum absolute atomic E-state index is 10.3. The molecule has 0 radical (unpaired) electrons. The number of para-hydroxylation sites is 1. The van der Waals surface area contributed by atoms with Crippen molar-refractivity contribution < 1.29 is 9.94 Å². The molecule has 0 amide bonds. The second-order valence-corrected chi connectivity index (χ2v) is 6.48. The molecule has 136 valence electrons. The van der Waals surface area contributed by atoms with E-state index in [2.05, 4.69) is 19.0 Å². The molecule has 0 saturated carbocycles. The highest BCUT2D eigenvalue weighted by molar-refractivity contribution is 5.40. The molecule has 24 heavy (non-hydrogen) atoms. The number of anilines is 1. The lowest BCUT2D eigenvalue weighted by Crippen LogP contribution is -2.30. The van der Waals surface area contributed by atoms with E-state index in [-0.39, 0.29) is 6.10 Å². The molecule has 1 aromatic carbocycles. The van der Waals surface area contributed by atoms with E-state index in [1.54, 1.807) is 6.08 Å². The summed E-state index contributed by atoms with van der Waals surface area (Å²) in [5.41, 5.74) is 3.87. The number of rotatable bonds is 15. The first-order valence-corrected chi connectivity index (χ1v) is 9.53. The summed E-state index contributed by atoms with van der Waals surface area (Å²) < 4.78 is 0. The van der Waals surface area contributed by atoms with Crippen LogP contribution in [0.15, 0.2) is 43.0 Å². The number of nitrogens with one attached hydrogen (secondary N) is 1. The lowest BCUT2D eigenvalue weighted by atomic mass is 10.0. The summed E-state index contributed by atoms with van der Waals surface area (Å²) in [5, 5.41) is 10.3. The Balaban J connectivity index is 2.25. The molecule has 0 spiro atoms. The molecule has 2 atom stereocenters. The number of aliphatic hydroxyl groups excluding tert-OH is 1. The zero-order valence-corrected chi connectivity index (χ0v) is 15.3. The minimum Gasteiger partial charge on any atom is -0.390 e. The largest absolute Gasteiger partial charge is 0.390 e. The van der Waals surface area contributed by atoms with Gasteiger partial charge in [0.25, 0.3) is 0 Å². The Hall–Kier alpha value is -1.32. The van der Waals surface area contributed by atoms with Gasteiger partial charge in [-0.3, -0.25) is 10.3 Å². The van der Waals surface area contributed by atoms with Crippen molar-refractivity contribution in [2.45, 2.75) is 83.3 Å². The highest BCUT2D eigenvalue weighted by atomic mass is 16.7. The average molecular weight is 334 g/mol. The average Bonchev–Trinajstić information content (AvgIpc) is 2.61. The van der Waals surface area contributed by atoms with Gasteiger partial charge in [-0.1, -0.05) is 82.6 Å². The Morgan fingerprint density at radius 1 is 1.04 bits per heavy atom. The van der Waals surface area contributed by atoms with Gasteiger partial charge in [0.05, 0.1) is 11.8 Å². The van der Waals surface area contributed by atoms with Crippen LogP contribution in [0, 0.1) is 0 Å². The number of hydrogen-bond acceptors (Lipinski definition) is 3. The number of aliphatic hydroxyl groups is 1. The summed E-state index contributed by atoms with van der Waals surface area (Å²) in [6, 6.07) is 9.79. The summed E-state index contributed by atoms with van der Waals surface area (Å²) in [4.78, 5) is 5.75. The van der Waals surface area contributed by atoms with E-state index in [9.17, 15) is 5.11 Å². The van der Waals surface area contributed by atoms with Crippen LogP contribution in [0.3, 0.4) is 0 Å². The quantitative estimate of drug-likeness (QED) is 0.240. The molecule has 3 nitrogen and oxygen atoms in total. The van der Waals surface area contributed by atoms with E-state index in [0.29, 0.717) is 6.42 Å². The molecule has 0 heterocycles. The second kappa shape index (κ2) is 14.1. The third-order valence-electron chi connectivity index (χ3n) is 4.28. The SMILES string of the molecule is C=CC[C@@H](O)[C@@H](CCCCCCCCCC)ONc1ccccc1. The molecule has 0 saturated heterocycles. The molecule has 1 aromatic rings. The van der Waals surface area contributed by atoms with Crippen LogP contribution >= 0.6 is 0 Å². The Labute approximate surface area is 148 Å². The van der Waals surface area contributed by atoms with E-state index >= 15 is 0 Å². The maximum Gasteiger partial charge on any atom is 0.111 e. The van der Waals surface area contributed by atoms with Gasteiger partial charge in [0.2, 0.25) is 0 Å². The third kappa shape index (κ3) is 9.74. The van der Waals surface area contributed by atoms with Crippen LogP contribution in [0.4, 0.5) is 5.69 Å². The number of benzene rings is 1. The van der Waals surface area contributed by atoms with Crippen molar-refractivity contribution >= 4 is 5.69 Å². The monoisotopic (exact) mass is 333 g/mol. The molecule has 2 N–H and O–H groups in total. The third-order valence-corrected chi connectivity index (χ3v) is 4.28. The van der Waals surface area contributed by atoms with Crippen LogP contribution in [0.5, 0.6) is 0 Å². The molecule has 0 aliphatic rings.